The van der Waals surface area contributed by atoms with Gasteiger partial charge in [0.1, 0.15) is 5.82 Å². The van der Waals surface area contributed by atoms with Crippen LogP contribution in [0.3, 0.4) is 0 Å². The normalized spacial score (nSPS) is 11.1. The van der Waals surface area contributed by atoms with Gasteiger partial charge in [-0.15, -0.1) is 0 Å². The zero-order valence-corrected chi connectivity index (χ0v) is 18.8. The van der Waals surface area contributed by atoms with Gasteiger partial charge in [-0.3, -0.25) is 9.10 Å². The minimum Gasteiger partial charge on any atom is -0.363 e. The number of benzene rings is 2. The molecule has 2 aromatic carbocycles. The second-order valence-electron chi connectivity index (χ2n) is 7.44. The number of anilines is 2. The summed E-state index contributed by atoms with van der Waals surface area (Å²) in [5.74, 6) is 0.442. The molecule has 3 aromatic rings. The van der Waals surface area contributed by atoms with E-state index < -0.39 is 10.0 Å². The highest BCUT2D eigenvalue weighted by molar-refractivity contribution is 7.92. The lowest BCUT2D eigenvalue weighted by atomic mass is 10.2. The largest absolute Gasteiger partial charge is 0.363 e. The highest BCUT2D eigenvalue weighted by Gasteiger charge is 2.22. The van der Waals surface area contributed by atoms with Crippen LogP contribution in [0.25, 0.3) is 0 Å². The number of pyridine rings is 1. The van der Waals surface area contributed by atoms with E-state index in [2.05, 4.69) is 10.3 Å². The molecule has 0 spiro atoms. The van der Waals surface area contributed by atoms with Crippen molar-refractivity contribution >= 4 is 27.4 Å². The van der Waals surface area contributed by atoms with Crippen LogP contribution < -0.4 is 14.5 Å². The molecule has 1 amide bonds. The van der Waals surface area contributed by atoms with Crippen LogP contribution in [0.5, 0.6) is 0 Å². The minimum atomic E-state index is -3.80. The van der Waals surface area contributed by atoms with Crippen molar-refractivity contribution in [3.63, 3.8) is 0 Å². The van der Waals surface area contributed by atoms with Crippen LogP contribution in [0.15, 0.2) is 71.8 Å². The molecule has 0 atom stereocenters. The van der Waals surface area contributed by atoms with Crippen LogP contribution in [-0.2, 0) is 16.6 Å². The molecule has 8 heteroatoms. The smallest absolute Gasteiger partial charge is 0.264 e. The predicted molar refractivity (Wildman–Crippen MR) is 123 cm³/mol. The lowest BCUT2D eigenvalue weighted by Crippen LogP contribution is -2.27. The van der Waals surface area contributed by atoms with Gasteiger partial charge in [-0.1, -0.05) is 23.8 Å². The number of aromatic nitrogens is 1. The van der Waals surface area contributed by atoms with Crippen LogP contribution in [0.2, 0.25) is 0 Å². The van der Waals surface area contributed by atoms with E-state index in [-0.39, 0.29) is 16.4 Å². The summed E-state index contributed by atoms with van der Waals surface area (Å²) in [5.41, 5.74) is 2.77. The third-order valence-electron chi connectivity index (χ3n) is 4.87. The molecule has 3 rings (SSSR count). The Kier molecular flexibility index (Phi) is 6.60. The first-order chi connectivity index (χ1) is 14.7. The Morgan fingerprint density at radius 3 is 2.39 bits per heavy atom. The Hall–Kier alpha value is -3.39. The lowest BCUT2D eigenvalue weighted by molar-refractivity contribution is 0.0950. The second kappa shape index (κ2) is 9.18. The standard InChI is InChI=1S/C23H26N4O3S/c1-17-8-10-20(11-9-17)27(4)31(29,30)21-7-5-6-19(15-21)23(28)25-16-18-12-13-24-22(14-18)26(2)3/h5-15H,16H2,1-4H3,(H,25,28). The number of aryl methyl sites for hydroxylation is 1. The van der Waals surface area contributed by atoms with Crippen LogP contribution in [0.1, 0.15) is 21.5 Å². The zero-order chi connectivity index (χ0) is 22.6. The molecule has 7 nitrogen and oxygen atoms in total. The first kappa shape index (κ1) is 22.3. The molecule has 1 heterocycles. The van der Waals surface area contributed by atoms with E-state index in [0.29, 0.717) is 12.2 Å². The fourth-order valence-electron chi connectivity index (χ4n) is 2.95. The van der Waals surface area contributed by atoms with E-state index in [0.717, 1.165) is 16.9 Å². The van der Waals surface area contributed by atoms with Crippen molar-refractivity contribution in [2.75, 3.05) is 30.3 Å². The highest BCUT2D eigenvalue weighted by Crippen LogP contribution is 2.23. The Labute approximate surface area is 183 Å². The fourth-order valence-corrected chi connectivity index (χ4v) is 4.19. The molecule has 162 valence electrons. The molecule has 0 aliphatic rings. The predicted octanol–water partition coefficient (Wildman–Crippen LogP) is 3.21. The van der Waals surface area contributed by atoms with E-state index in [9.17, 15) is 13.2 Å². The van der Waals surface area contributed by atoms with Gasteiger partial charge in [-0.25, -0.2) is 13.4 Å². The van der Waals surface area contributed by atoms with Gasteiger partial charge >= 0.3 is 0 Å². The summed E-state index contributed by atoms with van der Waals surface area (Å²) in [7, 11) is 1.48. The average Bonchev–Trinajstić information content (AvgIpc) is 2.77. The third kappa shape index (κ3) is 5.21. The van der Waals surface area contributed by atoms with Gasteiger partial charge in [0.2, 0.25) is 0 Å². The first-order valence-corrected chi connectivity index (χ1v) is 11.2. The van der Waals surface area contributed by atoms with Gasteiger partial charge < -0.3 is 10.2 Å². The minimum absolute atomic E-state index is 0.0574. The van der Waals surface area contributed by atoms with Gasteiger partial charge in [0.25, 0.3) is 15.9 Å². The maximum atomic E-state index is 13.1. The molecule has 1 N–H and O–H groups in total. The summed E-state index contributed by atoms with van der Waals surface area (Å²) < 4.78 is 27.3. The van der Waals surface area contributed by atoms with Crippen molar-refractivity contribution in [2.45, 2.75) is 18.4 Å². The molecule has 0 bridgehead atoms. The molecule has 31 heavy (non-hydrogen) atoms. The Morgan fingerprint density at radius 2 is 1.71 bits per heavy atom. The monoisotopic (exact) mass is 438 g/mol. The highest BCUT2D eigenvalue weighted by atomic mass is 32.2. The first-order valence-electron chi connectivity index (χ1n) is 9.74. The molecule has 0 aliphatic carbocycles. The molecular weight excluding hydrogens is 412 g/mol. The van der Waals surface area contributed by atoms with Crippen molar-refractivity contribution in [2.24, 2.45) is 0 Å². The van der Waals surface area contributed by atoms with Crippen molar-refractivity contribution in [1.82, 2.24) is 10.3 Å². The SMILES string of the molecule is Cc1ccc(N(C)S(=O)(=O)c2cccc(C(=O)NCc3ccnc(N(C)C)c3)c2)cc1. The number of amides is 1. The van der Waals surface area contributed by atoms with Gasteiger partial charge in [0, 0.05) is 39.4 Å². The van der Waals surface area contributed by atoms with Crippen LogP contribution in [0, 0.1) is 6.92 Å². The number of hydrogen-bond donors (Lipinski definition) is 1. The van der Waals surface area contributed by atoms with Crippen molar-refractivity contribution in [3.8, 4) is 0 Å². The molecule has 0 radical (unpaired) electrons. The number of carbonyl (C=O) groups is 1. The van der Waals surface area contributed by atoms with E-state index in [4.69, 9.17) is 0 Å². The number of sulfonamides is 1. The summed E-state index contributed by atoms with van der Waals surface area (Å²) in [6, 6.07) is 17.0. The van der Waals surface area contributed by atoms with E-state index in [1.165, 1.54) is 23.5 Å². The lowest BCUT2D eigenvalue weighted by Gasteiger charge is -2.20. The number of hydrogen-bond acceptors (Lipinski definition) is 5. The maximum Gasteiger partial charge on any atom is 0.264 e. The number of nitrogens with one attached hydrogen (secondary N) is 1. The number of carbonyl (C=O) groups excluding carboxylic acids is 1. The van der Waals surface area contributed by atoms with Crippen molar-refractivity contribution in [1.29, 1.82) is 0 Å². The molecule has 0 aliphatic heterocycles. The topological polar surface area (TPSA) is 82.6 Å². The Bertz CT molecular complexity index is 1180. The Morgan fingerprint density at radius 1 is 1.00 bits per heavy atom. The van der Waals surface area contributed by atoms with Crippen LogP contribution >= 0.6 is 0 Å². The molecule has 0 saturated carbocycles. The molecule has 0 unspecified atom stereocenters. The van der Waals surface area contributed by atoms with Gasteiger partial charge in [-0.05, 0) is 55.0 Å². The fraction of sp³-hybridized carbons (Fsp3) is 0.217. The maximum absolute atomic E-state index is 13.1. The Balaban J connectivity index is 1.76. The molecule has 0 saturated heterocycles. The van der Waals surface area contributed by atoms with Crippen molar-refractivity contribution in [3.05, 3.63) is 83.6 Å². The second-order valence-corrected chi connectivity index (χ2v) is 9.40. The molecule has 0 fully saturated rings. The van der Waals surface area contributed by atoms with Gasteiger partial charge in [0.15, 0.2) is 0 Å². The van der Waals surface area contributed by atoms with E-state index >= 15 is 0 Å². The summed E-state index contributed by atoms with van der Waals surface area (Å²) >= 11 is 0. The van der Waals surface area contributed by atoms with E-state index in [1.54, 1.807) is 30.5 Å². The van der Waals surface area contributed by atoms with E-state index in [1.807, 2.05) is 50.2 Å². The quantitative estimate of drug-likeness (QED) is 0.613. The van der Waals surface area contributed by atoms with Crippen LogP contribution in [-0.4, -0.2) is 40.5 Å². The zero-order valence-electron chi connectivity index (χ0n) is 18.0. The average molecular weight is 439 g/mol. The number of nitrogens with zero attached hydrogens (tertiary/aromatic N) is 3. The van der Waals surface area contributed by atoms with Gasteiger partial charge in [0.05, 0.1) is 10.6 Å². The number of rotatable bonds is 7. The van der Waals surface area contributed by atoms with Crippen molar-refractivity contribution < 1.29 is 13.2 Å². The molecule has 1 aromatic heterocycles. The molecular formula is C23H26N4O3S. The van der Waals surface area contributed by atoms with Gasteiger partial charge in [-0.2, -0.15) is 0 Å². The summed E-state index contributed by atoms with van der Waals surface area (Å²) in [6.07, 6.45) is 1.69. The summed E-state index contributed by atoms with van der Waals surface area (Å²) in [4.78, 5) is 18.8. The third-order valence-corrected chi connectivity index (χ3v) is 6.65. The summed E-state index contributed by atoms with van der Waals surface area (Å²) in [6.45, 7) is 2.25. The van der Waals surface area contributed by atoms with Crippen LogP contribution in [0.4, 0.5) is 11.5 Å². The summed E-state index contributed by atoms with van der Waals surface area (Å²) in [5, 5.41) is 2.83.